The summed E-state index contributed by atoms with van der Waals surface area (Å²) < 4.78 is 4.79. The number of rotatable bonds is 5. The molecule has 6 nitrogen and oxygen atoms in total. The average Bonchev–Trinajstić information content (AvgIpc) is 2.72. The van der Waals surface area contributed by atoms with Crippen LogP contribution in [0.4, 0.5) is 0 Å². The highest BCUT2D eigenvalue weighted by molar-refractivity contribution is 7.80. The van der Waals surface area contributed by atoms with Gasteiger partial charge in [-0.05, 0) is 13.3 Å². The van der Waals surface area contributed by atoms with Crippen LogP contribution in [0.15, 0.2) is 0 Å². The quantitative estimate of drug-likeness (QED) is 0.448. The predicted molar refractivity (Wildman–Crippen MR) is 63.6 cm³/mol. The smallest absolute Gasteiger partial charge is 0.329 e. The van der Waals surface area contributed by atoms with Gasteiger partial charge in [0.05, 0.1) is 6.61 Å². The zero-order valence-corrected chi connectivity index (χ0v) is 10.5. The van der Waals surface area contributed by atoms with E-state index in [9.17, 15) is 14.4 Å². The Kier molecular flexibility index (Phi) is 5.27. The molecule has 2 N–H and O–H groups in total. The molecule has 0 saturated carbocycles. The number of ether oxygens (including phenoxy) is 1. The molecule has 1 heterocycles. The van der Waals surface area contributed by atoms with Crippen LogP contribution in [0.25, 0.3) is 0 Å². The molecule has 1 rings (SSSR count). The topological polar surface area (TPSA) is 84.5 Å². The fraction of sp³-hybridized carbons (Fsp3) is 0.700. The van der Waals surface area contributed by atoms with Crippen LogP contribution >= 0.6 is 12.6 Å². The second-order valence-corrected chi connectivity index (χ2v) is 4.02. The van der Waals surface area contributed by atoms with Gasteiger partial charge in [-0.1, -0.05) is 0 Å². The van der Waals surface area contributed by atoms with Crippen LogP contribution in [-0.4, -0.2) is 42.2 Å². The van der Waals surface area contributed by atoms with Gasteiger partial charge >= 0.3 is 5.97 Å². The first-order chi connectivity index (χ1) is 8.08. The molecule has 0 unspecified atom stereocenters. The minimum atomic E-state index is -0.775. The first-order valence-corrected chi connectivity index (χ1v) is 6.09. The number of thiol groups is 1. The van der Waals surface area contributed by atoms with Gasteiger partial charge in [0, 0.05) is 12.2 Å². The van der Waals surface area contributed by atoms with E-state index in [0.717, 1.165) is 0 Å². The molecule has 0 aromatic rings. The molecule has 1 aliphatic rings. The van der Waals surface area contributed by atoms with Crippen molar-refractivity contribution in [3.63, 3.8) is 0 Å². The first-order valence-electron chi connectivity index (χ1n) is 5.45. The van der Waals surface area contributed by atoms with E-state index in [4.69, 9.17) is 4.74 Å². The third kappa shape index (κ3) is 3.92. The van der Waals surface area contributed by atoms with Crippen molar-refractivity contribution >= 4 is 30.4 Å². The molecular weight excluding hydrogens is 244 g/mol. The van der Waals surface area contributed by atoms with E-state index in [-0.39, 0.29) is 24.2 Å². The summed E-state index contributed by atoms with van der Waals surface area (Å²) in [5.74, 6) is -0.877. The fourth-order valence-corrected chi connectivity index (χ4v) is 1.75. The van der Waals surface area contributed by atoms with Crippen molar-refractivity contribution in [2.24, 2.45) is 0 Å². The summed E-state index contributed by atoms with van der Waals surface area (Å²) in [5, 5.41) is 5.04. The van der Waals surface area contributed by atoms with Crippen LogP contribution in [0.3, 0.4) is 0 Å². The summed E-state index contributed by atoms with van der Waals surface area (Å²) in [5.41, 5.74) is 0. The van der Waals surface area contributed by atoms with E-state index in [1.165, 1.54) is 0 Å². The van der Waals surface area contributed by atoms with Crippen LogP contribution in [0.2, 0.25) is 0 Å². The number of amides is 2. The number of hydrogen-bond donors (Lipinski definition) is 3. The first kappa shape index (κ1) is 13.8. The van der Waals surface area contributed by atoms with E-state index >= 15 is 0 Å². The van der Waals surface area contributed by atoms with E-state index in [2.05, 4.69) is 23.3 Å². The Balaban J connectivity index is 2.47. The summed E-state index contributed by atoms with van der Waals surface area (Å²) in [7, 11) is 0. The number of carbonyl (C=O) groups excluding carboxylic acids is 3. The number of carbonyl (C=O) groups is 3. The SMILES string of the molecule is CCOC(=O)[C@H](CS)NC(=O)[C@@H]1CCC(=O)N1. The van der Waals surface area contributed by atoms with E-state index < -0.39 is 18.1 Å². The molecule has 0 aromatic heterocycles. The highest BCUT2D eigenvalue weighted by atomic mass is 32.1. The van der Waals surface area contributed by atoms with Gasteiger partial charge in [0.2, 0.25) is 11.8 Å². The van der Waals surface area contributed by atoms with E-state index in [1.807, 2.05) is 0 Å². The Morgan fingerprint density at radius 3 is 2.82 bits per heavy atom. The Morgan fingerprint density at radius 1 is 1.65 bits per heavy atom. The van der Waals surface area contributed by atoms with Gasteiger partial charge in [-0.3, -0.25) is 9.59 Å². The molecule has 2 amide bonds. The number of hydrogen-bond acceptors (Lipinski definition) is 5. The second kappa shape index (κ2) is 6.48. The molecule has 0 aliphatic carbocycles. The van der Waals surface area contributed by atoms with Gasteiger partial charge in [-0.15, -0.1) is 0 Å². The minimum absolute atomic E-state index is 0.149. The Labute approximate surface area is 105 Å². The minimum Gasteiger partial charge on any atom is -0.464 e. The van der Waals surface area contributed by atoms with Crippen molar-refractivity contribution in [2.75, 3.05) is 12.4 Å². The van der Waals surface area contributed by atoms with Gasteiger partial charge in [0.1, 0.15) is 12.1 Å². The molecule has 1 saturated heterocycles. The Bertz CT molecular complexity index is 321. The zero-order valence-electron chi connectivity index (χ0n) is 9.56. The maximum absolute atomic E-state index is 11.7. The normalized spacial score (nSPS) is 20.6. The largest absolute Gasteiger partial charge is 0.464 e. The van der Waals surface area contributed by atoms with E-state index in [0.29, 0.717) is 12.8 Å². The summed E-state index contributed by atoms with van der Waals surface area (Å²) in [6.07, 6.45) is 0.788. The van der Waals surface area contributed by atoms with Gasteiger partial charge in [0.25, 0.3) is 0 Å². The molecular formula is C10H16N2O4S. The third-order valence-corrected chi connectivity index (χ3v) is 2.75. The lowest BCUT2D eigenvalue weighted by Gasteiger charge is -2.17. The number of esters is 1. The van der Waals surface area contributed by atoms with Crippen LogP contribution in [0.1, 0.15) is 19.8 Å². The number of nitrogens with one attached hydrogen (secondary N) is 2. The molecule has 7 heteroatoms. The molecule has 17 heavy (non-hydrogen) atoms. The van der Waals surface area contributed by atoms with Crippen LogP contribution in [0, 0.1) is 0 Å². The highest BCUT2D eigenvalue weighted by Crippen LogP contribution is 2.07. The fourth-order valence-electron chi connectivity index (χ4n) is 1.51. The van der Waals surface area contributed by atoms with Crippen molar-refractivity contribution in [1.29, 1.82) is 0 Å². The standard InChI is InChI=1S/C10H16N2O4S/c1-2-16-10(15)7(5-17)12-9(14)6-3-4-8(13)11-6/h6-7,17H,2-5H2,1H3,(H,11,13)(H,12,14)/t6-,7-/m0/s1. The molecule has 0 spiro atoms. The van der Waals surface area contributed by atoms with Gasteiger partial charge in [0.15, 0.2) is 0 Å². The zero-order chi connectivity index (χ0) is 12.8. The van der Waals surface area contributed by atoms with Gasteiger partial charge in [-0.25, -0.2) is 4.79 Å². The van der Waals surface area contributed by atoms with Crippen molar-refractivity contribution in [2.45, 2.75) is 31.8 Å². The maximum Gasteiger partial charge on any atom is 0.329 e. The average molecular weight is 260 g/mol. The summed E-state index contributed by atoms with van der Waals surface area (Å²) in [6.45, 7) is 1.94. The monoisotopic (exact) mass is 260 g/mol. The van der Waals surface area contributed by atoms with Crippen LogP contribution in [-0.2, 0) is 19.1 Å². The Morgan fingerprint density at radius 2 is 2.35 bits per heavy atom. The molecule has 96 valence electrons. The molecule has 1 aliphatic heterocycles. The van der Waals surface area contributed by atoms with Crippen molar-refractivity contribution in [1.82, 2.24) is 10.6 Å². The highest BCUT2D eigenvalue weighted by Gasteiger charge is 2.30. The van der Waals surface area contributed by atoms with Crippen LogP contribution in [0.5, 0.6) is 0 Å². The molecule has 0 bridgehead atoms. The predicted octanol–water partition coefficient (Wildman–Crippen LogP) is -0.757. The second-order valence-electron chi connectivity index (χ2n) is 3.65. The Hall–Kier alpha value is -1.24. The molecule has 1 fully saturated rings. The summed E-state index contributed by atoms with van der Waals surface area (Å²) in [4.78, 5) is 34.1. The van der Waals surface area contributed by atoms with Crippen molar-refractivity contribution < 1.29 is 19.1 Å². The summed E-state index contributed by atoms with van der Waals surface area (Å²) in [6, 6.07) is -1.33. The van der Waals surface area contributed by atoms with Crippen molar-refractivity contribution in [3.8, 4) is 0 Å². The third-order valence-electron chi connectivity index (χ3n) is 2.38. The lowest BCUT2D eigenvalue weighted by molar-refractivity contribution is -0.146. The van der Waals surface area contributed by atoms with Gasteiger partial charge < -0.3 is 15.4 Å². The lowest BCUT2D eigenvalue weighted by atomic mass is 10.2. The lowest BCUT2D eigenvalue weighted by Crippen LogP contribution is -2.50. The van der Waals surface area contributed by atoms with Crippen molar-refractivity contribution in [3.05, 3.63) is 0 Å². The van der Waals surface area contributed by atoms with Gasteiger partial charge in [-0.2, -0.15) is 12.6 Å². The summed E-state index contributed by atoms with van der Waals surface area (Å²) >= 11 is 3.98. The maximum atomic E-state index is 11.7. The molecule has 0 radical (unpaired) electrons. The van der Waals surface area contributed by atoms with Crippen LogP contribution < -0.4 is 10.6 Å². The molecule has 2 atom stereocenters. The van der Waals surface area contributed by atoms with E-state index in [1.54, 1.807) is 6.92 Å². The molecule has 0 aromatic carbocycles.